The van der Waals surface area contributed by atoms with Crippen LogP contribution in [-0.4, -0.2) is 52.3 Å². The number of hydrogen-bond acceptors (Lipinski definition) is 4. The Morgan fingerprint density at radius 3 is 2.45 bits per heavy atom. The van der Waals surface area contributed by atoms with Gasteiger partial charge in [-0.2, -0.15) is 4.98 Å². The molecule has 0 saturated carbocycles. The van der Waals surface area contributed by atoms with Gasteiger partial charge in [0, 0.05) is 14.1 Å². The Kier molecular flexibility index (Phi) is 2.89. The number of fused-ring (bicyclic) bond motifs is 1. The highest BCUT2D eigenvalue weighted by atomic mass is 16.2. The number of H-pyrrole nitrogens is 1. The highest BCUT2D eigenvalue weighted by Crippen LogP contribution is 2.17. The van der Waals surface area contributed by atoms with Crippen LogP contribution >= 0.6 is 0 Å². The van der Waals surface area contributed by atoms with Crippen LogP contribution in [0.25, 0.3) is 11.2 Å². The Morgan fingerprint density at radius 1 is 1.15 bits per heavy atom. The number of nitrogens with one attached hydrogen (secondary N) is 2. The molecule has 2 N–H and O–H groups in total. The summed E-state index contributed by atoms with van der Waals surface area (Å²) in [6, 6.07) is 0. The third kappa shape index (κ3) is 1.83. The SMILES string of the molecule is Cn1c(N2CC[NH+](C)CC2)nc2c1c(=O)[nH]c(=O)n2C. The van der Waals surface area contributed by atoms with Crippen LogP contribution in [0.2, 0.25) is 0 Å². The van der Waals surface area contributed by atoms with Gasteiger partial charge in [-0.25, -0.2) is 4.79 Å². The standard InChI is InChI=1S/C12H18N6O2/c1-15-4-6-18(7-5-15)11-13-9-8(16(11)2)10(19)14-12(20)17(9)3/h4-7H2,1-3H3,(H,14,19,20)/p+1. The number of quaternary nitrogens is 1. The molecule has 0 atom stereocenters. The number of aromatic amines is 1. The summed E-state index contributed by atoms with van der Waals surface area (Å²) in [5.74, 6) is 0.749. The van der Waals surface area contributed by atoms with E-state index >= 15 is 0 Å². The lowest BCUT2D eigenvalue weighted by atomic mass is 10.3. The van der Waals surface area contributed by atoms with Crippen molar-refractivity contribution in [3.8, 4) is 0 Å². The van der Waals surface area contributed by atoms with Crippen molar-refractivity contribution >= 4 is 17.1 Å². The summed E-state index contributed by atoms with van der Waals surface area (Å²) in [5.41, 5.74) is 0.0509. The summed E-state index contributed by atoms with van der Waals surface area (Å²) >= 11 is 0. The maximum Gasteiger partial charge on any atom is 0.329 e. The monoisotopic (exact) mass is 279 g/mol. The molecule has 0 radical (unpaired) electrons. The molecule has 1 saturated heterocycles. The lowest BCUT2D eigenvalue weighted by Crippen LogP contribution is -3.12. The van der Waals surface area contributed by atoms with E-state index in [0.29, 0.717) is 11.2 Å². The lowest BCUT2D eigenvalue weighted by Gasteiger charge is -2.30. The summed E-state index contributed by atoms with van der Waals surface area (Å²) in [4.78, 5) is 34.1. The van der Waals surface area contributed by atoms with Crippen molar-refractivity contribution in [1.29, 1.82) is 0 Å². The van der Waals surface area contributed by atoms with Crippen molar-refractivity contribution in [2.75, 3.05) is 38.1 Å². The molecule has 3 heterocycles. The van der Waals surface area contributed by atoms with Crippen molar-refractivity contribution in [2.24, 2.45) is 14.1 Å². The molecule has 8 nitrogen and oxygen atoms in total. The van der Waals surface area contributed by atoms with Gasteiger partial charge in [-0.15, -0.1) is 0 Å². The maximum atomic E-state index is 12.0. The molecule has 1 aliphatic rings. The summed E-state index contributed by atoms with van der Waals surface area (Å²) in [6.45, 7) is 3.88. The highest BCUT2D eigenvalue weighted by molar-refractivity contribution is 5.74. The van der Waals surface area contributed by atoms with Gasteiger partial charge < -0.3 is 14.4 Å². The number of aryl methyl sites for hydroxylation is 2. The molecule has 20 heavy (non-hydrogen) atoms. The minimum absolute atomic E-state index is 0.385. The van der Waals surface area contributed by atoms with Gasteiger partial charge in [0.2, 0.25) is 5.95 Å². The second-order valence-corrected chi connectivity index (χ2v) is 5.41. The van der Waals surface area contributed by atoms with Crippen molar-refractivity contribution in [1.82, 2.24) is 19.1 Å². The van der Waals surface area contributed by atoms with Crippen molar-refractivity contribution in [2.45, 2.75) is 0 Å². The van der Waals surface area contributed by atoms with E-state index in [9.17, 15) is 9.59 Å². The summed E-state index contributed by atoms with van der Waals surface area (Å²) in [5, 5.41) is 0. The van der Waals surface area contributed by atoms with Crippen molar-refractivity contribution in [3.05, 3.63) is 20.8 Å². The minimum atomic E-state index is -0.435. The predicted molar refractivity (Wildman–Crippen MR) is 75.4 cm³/mol. The Bertz CT molecular complexity index is 763. The molecule has 1 fully saturated rings. The number of hydrogen-bond donors (Lipinski definition) is 2. The van der Waals surface area contributed by atoms with E-state index in [2.05, 4.69) is 21.9 Å². The van der Waals surface area contributed by atoms with Gasteiger partial charge >= 0.3 is 5.69 Å². The smallest absolute Gasteiger partial charge is 0.329 e. The Hall–Kier alpha value is -2.09. The number of piperazine rings is 1. The van der Waals surface area contributed by atoms with Gasteiger partial charge in [-0.1, -0.05) is 0 Å². The first kappa shape index (κ1) is 12.9. The number of rotatable bonds is 1. The predicted octanol–water partition coefficient (Wildman–Crippen LogP) is -2.70. The van der Waals surface area contributed by atoms with E-state index < -0.39 is 5.69 Å². The zero-order chi connectivity index (χ0) is 14.4. The van der Waals surface area contributed by atoms with Gasteiger partial charge in [0.05, 0.1) is 33.2 Å². The molecule has 0 unspecified atom stereocenters. The van der Waals surface area contributed by atoms with Gasteiger partial charge in [0.25, 0.3) is 5.56 Å². The molecule has 2 aromatic rings. The second kappa shape index (κ2) is 4.48. The van der Waals surface area contributed by atoms with Crippen LogP contribution in [0.5, 0.6) is 0 Å². The molecule has 0 bridgehead atoms. The van der Waals surface area contributed by atoms with Crippen LogP contribution in [0.1, 0.15) is 0 Å². The zero-order valence-corrected chi connectivity index (χ0v) is 11.9. The molecular weight excluding hydrogens is 260 g/mol. The first-order chi connectivity index (χ1) is 9.49. The molecule has 108 valence electrons. The normalized spacial score (nSPS) is 17.1. The topological polar surface area (TPSA) is 80.4 Å². The van der Waals surface area contributed by atoms with Crippen LogP contribution in [-0.2, 0) is 14.1 Å². The molecule has 2 aromatic heterocycles. The number of anilines is 1. The fourth-order valence-corrected chi connectivity index (χ4v) is 2.67. The second-order valence-electron chi connectivity index (χ2n) is 5.41. The first-order valence-corrected chi connectivity index (χ1v) is 6.71. The Morgan fingerprint density at radius 2 is 1.80 bits per heavy atom. The van der Waals surface area contributed by atoms with Gasteiger partial charge in [0.1, 0.15) is 0 Å². The van der Waals surface area contributed by atoms with E-state index in [1.165, 1.54) is 9.47 Å². The first-order valence-electron chi connectivity index (χ1n) is 6.71. The van der Waals surface area contributed by atoms with Crippen LogP contribution in [0.3, 0.4) is 0 Å². The third-order valence-corrected chi connectivity index (χ3v) is 4.01. The van der Waals surface area contributed by atoms with Crippen LogP contribution < -0.4 is 21.0 Å². The molecule has 0 aromatic carbocycles. The fraction of sp³-hybridized carbons (Fsp3) is 0.583. The third-order valence-electron chi connectivity index (χ3n) is 4.01. The maximum absolute atomic E-state index is 12.0. The molecular formula is C12H19N6O2+. The fourth-order valence-electron chi connectivity index (χ4n) is 2.67. The van der Waals surface area contributed by atoms with Crippen LogP contribution in [0.15, 0.2) is 9.59 Å². The number of imidazole rings is 1. The lowest BCUT2D eigenvalue weighted by molar-refractivity contribution is -0.880. The van der Waals surface area contributed by atoms with Crippen molar-refractivity contribution in [3.63, 3.8) is 0 Å². The summed E-state index contributed by atoms with van der Waals surface area (Å²) in [7, 11) is 5.60. The van der Waals surface area contributed by atoms with Gasteiger partial charge in [-0.3, -0.25) is 14.3 Å². The van der Waals surface area contributed by atoms with Gasteiger partial charge in [-0.05, 0) is 0 Å². The molecule has 0 aliphatic carbocycles. The molecule has 0 spiro atoms. The van der Waals surface area contributed by atoms with Gasteiger partial charge in [0.15, 0.2) is 11.2 Å². The average molecular weight is 279 g/mol. The Labute approximate surface area is 115 Å². The minimum Gasteiger partial charge on any atom is -0.334 e. The molecule has 3 rings (SSSR count). The summed E-state index contributed by atoms with van der Waals surface area (Å²) in [6.07, 6.45) is 0. The van der Waals surface area contributed by atoms with E-state index in [-0.39, 0.29) is 5.56 Å². The van der Waals surface area contributed by atoms with E-state index in [1.807, 2.05) is 7.05 Å². The number of nitrogens with zero attached hydrogens (tertiary/aromatic N) is 4. The number of likely N-dealkylation sites (N-methyl/N-ethyl adjacent to an activating group) is 1. The van der Waals surface area contributed by atoms with Crippen LogP contribution in [0.4, 0.5) is 5.95 Å². The largest absolute Gasteiger partial charge is 0.334 e. The highest BCUT2D eigenvalue weighted by Gasteiger charge is 2.23. The summed E-state index contributed by atoms with van der Waals surface area (Å²) < 4.78 is 3.15. The number of aromatic nitrogens is 4. The molecule has 1 aliphatic heterocycles. The molecule has 0 amide bonds. The van der Waals surface area contributed by atoms with E-state index in [1.54, 1.807) is 11.6 Å². The van der Waals surface area contributed by atoms with Crippen LogP contribution in [0, 0.1) is 0 Å². The average Bonchev–Trinajstić information content (AvgIpc) is 2.76. The van der Waals surface area contributed by atoms with E-state index in [4.69, 9.17) is 0 Å². The quantitative estimate of drug-likeness (QED) is 0.595. The van der Waals surface area contributed by atoms with Crippen molar-refractivity contribution < 1.29 is 4.90 Å². The Balaban J connectivity index is 2.16. The molecule has 8 heteroatoms. The van der Waals surface area contributed by atoms with E-state index in [0.717, 1.165) is 32.1 Å². The zero-order valence-electron chi connectivity index (χ0n) is 11.9.